The van der Waals surface area contributed by atoms with Crippen molar-refractivity contribution in [2.45, 2.75) is 24.8 Å². The normalized spacial score (nSPS) is 13.2. The molecule has 1 rings (SSSR count). The molecule has 1 N–H and O–H groups in total. The van der Waals surface area contributed by atoms with E-state index < -0.39 is 22.0 Å². The maximum Gasteiger partial charge on any atom is 0.264 e. The SMILES string of the molecule is CON(C)C(=O)C(NS(=O)(=O)c1cccc(Cl)c1)C(C)C. The van der Waals surface area contributed by atoms with Crippen molar-refractivity contribution in [3.63, 3.8) is 0 Å². The number of sulfonamides is 1. The maximum atomic E-state index is 12.3. The number of likely N-dealkylation sites (N-methyl/N-ethyl adjacent to an activating group) is 1. The molecule has 0 fully saturated rings. The van der Waals surface area contributed by atoms with Crippen LogP contribution in [0.1, 0.15) is 13.8 Å². The van der Waals surface area contributed by atoms with Crippen LogP contribution < -0.4 is 4.72 Å². The Kier molecular flexibility index (Phi) is 6.15. The van der Waals surface area contributed by atoms with Crippen LogP contribution in [-0.4, -0.2) is 39.6 Å². The highest BCUT2D eigenvalue weighted by Gasteiger charge is 2.30. The van der Waals surface area contributed by atoms with Gasteiger partial charge in [-0.1, -0.05) is 31.5 Å². The molecule has 0 aliphatic carbocycles. The third-order valence-electron chi connectivity index (χ3n) is 2.91. The van der Waals surface area contributed by atoms with Gasteiger partial charge in [0.2, 0.25) is 10.0 Å². The summed E-state index contributed by atoms with van der Waals surface area (Å²) in [4.78, 5) is 17.0. The van der Waals surface area contributed by atoms with Gasteiger partial charge < -0.3 is 0 Å². The fourth-order valence-electron chi connectivity index (χ4n) is 1.63. The zero-order valence-corrected chi connectivity index (χ0v) is 13.9. The Morgan fingerprint density at radius 3 is 2.48 bits per heavy atom. The highest BCUT2D eigenvalue weighted by Crippen LogP contribution is 2.17. The van der Waals surface area contributed by atoms with E-state index in [9.17, 15) is 13.2 Å². The van der Waals surface area contributed by atoms with E-state index in [-0.39, 0.29) is 10.8 Å². The molecule has 1 unspecified atom stereocenters. The fraction of sp³-hybridized carbons (Fsp3) is 0.462. The number of hydrogen-bond donors (Lipinski definition) is 1. The van der Waals surface area contributed by atoms with Crippen LogP contribution in [0.2, 0.25) is 5.02 Å². The molecular formula is C13H19ClN2O4S. The average molecular weight is 335 g/mol. The summed E-state index contributed by atoms with van der Waals surface area (Å²) in [5.74, 6) is -0.720. The molecule has 1 atom stereocenters. The van der Waals surface area contributed by atoms with Gasteiger partial charge in [0.15, 0.2) is 0 Å². The number of halogens is 1. The van der Waals surface area contributed by atoms with Crippen molar-refractivity contribution in [3.8, 4) is 0 Å². The Hall–Kier alpha value is -1.15. The molecule has 0 heterocycles. The summed E-state index contributed by atoms with van der Waals surface area (Å²) in [5, 5.41) is 1.30. The smallest absolute Gasteiger partial charge is 0.264 e. The molecule has 118 valence electrons. The van der Waals surface area contributed by atoms with Gasteiger partial charge in [0.25, 0.3) is 5.91 Å². The molecule has 1 aromatic carbocycles. The lowest BCUT2D eigenvalue weighted by Crippen LogP contribution is -2.49. The number of hydrogen-bond acceptors (Lipinski definition) is 4. The van der Waals surface area contributed by atoms with Crippen LogP contribution >= 0.6 is 11.6 Å². The minimum absolute atomic E-state index is 0.00789. The lowest BCUT2D eigenvalue weighted by atomic mass is 10.1. The first kappa shape index (κ1) is 17.9. The summed E-state index contributed by atoms with van der Waals surface area (Å²) in [5.41, 5.74) is 0. The highest BCUT2D eigenvalue weighted by atomic mass is 35.5. The van der Waals surface area contributed by atoms with Crippen LogP contribution in [0.5, 0.6) is 0 Å². The Morgan fingerprint density at radius 1 is 1.38 bits per heavy atom. The Bertz CT molecular complexity index is 604. The largest absolute Gasteiger partial charge is 0.275 e. The first-order valence-corrected chi connectivity index (χ1v) is 8.14. The van der Waals surface area contributed by atoms with Crippen molar-refractivity contribution >= 4 is 27.5 Å². The monoisotopic (exact) mass is 334 g/mol. The van der Waals surface area contributed by atoms with Crippen molar-refractivity contribution in [3.05, 3.63) is 29.3 Å². The molecule has 0 aliphatic heterocycles. The molecule has 1 aromatic rings. The van der Waals surface area contributed by atoms with Crippen LogP contribution in [-0.2, 0) is 19.7 Å². The molecule has 1 amide bonds. The van der Waals surface area contributed by atoms with E-state index in [0.29, 0.717) is 5.02 Å². The van der Waals surface area contributed by atoms with Crippen molar-refractivity contribution in [1.29, 1.82) is 0 Å². The van der Waals surface area contributed by atoms with E-state index in [1.807, 2.05) is 0 Å². The van der Waals surface area contributed by atoms with Crippen LogP contribution in [0.3, 0.4) is 0 Å². The van der Waals surface area contributed by atoms with Crippen molar-refractivity contribution in [2.24, 2.45) is 5.92 Å². The highest BCUT2D eigenvalue weighted by molar-refractivity contribution is 7.89. The van der Waals surface area contributed by atoms with E-state index in [1.165, 1.54) is 32.4 Å². The molecule has 0 radical (unpaired) electrons. The topological polar surface area (TPSA) is 75.7 Å². The van der Waals surface area contributed by atoms with Crippen LogP contribution in [0.25, 0.3) is 0 Å². The molecule has 0 spiro atoms. The van der Waals surface area contributed by atoms with Crippen molar-refractivity contribution in [2.75, 3.05) is 14.2 Å². The number of benzene rings is 1. The quantitative estimate of drug-likeness (QED) is 0.803. The predicted molar refractivity (Wildman–Crippen MR) is 80.2 cm³/mol. The first-order chi connectivity index (χ1) is 9.69. The molecule has 0 aliphatic rings. The Labute approximate surface area is 130 Å². The summed E-state index contributed by atoms with van der Waals surface area (Å²) in [6, 6.07) is 4.91. The summed E-state index contributed by atoms with van der Waals surface area (Å²) < 4.78 is 27.1. The summed E-state index contributed by atoms with van der Waals surface area (Å²) in [6.07, 6.45) is 0. The average Bonchev–Trinajstić information content (AvgIpc) is 2.43. The van der Waals surface area contributed by atoms with Gasteiger partial charge in [-0.25, -0.2) is 13.5 Å². The van der Waals surface area contributed by atoms with E-state index >= 15 is 0 Å². The van der Waals surface area contributed by atoms with Gasteiger partial charge >= 0.3 is 0 Å². The number of carbonyl (C=O) groups is 1. The molecule has 21 heavy (non-hydrogen) atoms. The van der Waals surface area contributed by atoms with Gasteiger partial charge in [-0.15, -0.1) is 0 Å². The van der Waals surface area contributed by atoms with Gasteiger partial charge in [-0.2, -0.15) is 4.72 Å². The number of nitrogens with one attached hydrogen (secondary N) is 1. The third-order valence-corrected chi connectivity index (χ3v) is 4.58. The van der Waals surface area contributed by atoms with Crippen molar-refractivity contribution in [1.82, 2.24) is 9.79 Å². The van der Waals surface area contributed by atoms with Crippen LogP contribution in [0.15, 0.2) is 29.2 Å². The summed E-state index contributed by atoms with van der Waals surface area (Å²) >= 11 is 5.80. The Balaban J connectivity index is 3.06. The second-order valence-corrected chi connectivity index (χ2v) is 6.97. The molecule has 0 saturated carbocycles. The standard InChI is InChI=1S/C13H19ClN2O4S/c1-9(2)12(13(17)16(3)20-4)15-21(18,19)11-7-5-6-10(14)8-11/h5-9,12,15H,1-4H3. The van der Waals surface area contributed by atoms with E-state index in [4.69, 9.17) is 16.4 Å². The maximum absolute atomic E-state index is 12.3. The van der Waals surface area contributed by atoms with Crippen molar-refractivity contribution < 1.29 is 18.0 Å². The van der Waals surface area contributed by atoms with Gasteiger partial charge in [-0.3, -0.25) is 9.63 Å². The minimum Gasteiger partial charge on any atom is -0.275 e. The van der Waals surface area contributed by atoms with Gasteiger partial charge in [0.05, 0.1) is 12.0 Å². The number of carbonyl (C=O) groups excluding carboxylic acids is 1. The number of amides is 1. The first-order valence-electron chi connectivity index (χ1n) is 6.28. The molecule has 0 saturated heterocycles. The van der Waals surface area contributed by atoms with Crippen LogP contribution in [0.4, 0.5) is 0 Å². The number of rotatable bonds is 6. The van der Waals surface area contributed by atoms with E-state index in [2.05, 4.69) is 4.72 Å². The fourth-order valence-corrected chi connectivity index (χ4v) is 3.27. The van der Waals surface area contributed by atoms with Gasteiger partial charge in [0, 0.05) is 12.1 Å². The lowest BCUT2D eigenvalue weighted by Gasteiger charge is -2.25. The zero-order chi connectivity index (χ0) is 16.2. The third kappa shape index (κ3) is 4.67. The molecule has 8 heteroatoms. The molecule has 0 aromatic heterocycles. The Morgan fingerprint density at radius 2 is 2.00 bits per heavy atom. The molecule has 6 nitrogen and oxygen atoms in total. The minimum atomic E-state index is -3.85. The number of hydroxylamine groups is 2. The summed E-state index contributed by atoms with van der Waals surface area (Å²) in [6.45, 7) is 3.49. The molecular weight excluding hydrogens is 316 g/mol. The zero-order valence-electron chi connectivity index (χ0n) is 12.3. The molecule has 0 bridgehead atoms. The van der Waals surface area contributed by atoms with E-state index in [0.717, 1.165) is 5.06 Å². The second kappa shape index (κ2) is 7.22. The van der Waals surface area contributed by atoms with Crippen LogP contribution in [0, 0.1) is 5.92 Å². The van der Waals surface area contributed by atoms with Gasteiger partial charge in [-0.05, 0) is 24.1 Å². The van der Waals surface area contributed by atoms with E-state index in [1.54, 1.807) is 19.9 Å². The number of nitrogens with zero attached hydrogens (tertiary/aromatic N) is 1. The lowest BCUT2D eigenvalue weighted by molar-refractivity contribution is -0.171. The second-order valence-electron chi connectivity index (χ2n) is 4.82. The predicted octanol–water partition coefficient (Wildman–Crippen LogP) is 1.66. The van der Waals surface area contributed by atoms with Gasteiger partial charge in [0.1, 0.15) is 6.04 Å². The summed E-state index contributed by atoms with van der Waals surface area (Å²) in [7, 11) is -1.10.